The number of rotatable bonds is 2. The molecular formula is C21H30FN5O2. The molecule has 8 heteroatoms. The summed E-state index contributed by atoms with van der Waals surface area (Å²) in [5, 5.41) is 0. The molecule has 3 saturated heterocycles. The Morgan fingerprint density at radius 2 is 1.72 bits per heavy atom. The number of likely N-dealkylation sites (N-methyl/N-ethyl adjacent to an activating group) is 2. The van der Waals surface area contributed by atoms with E-state index < -0.39 is 5.82 Å². The lowest BCUT2D eigenvalue weighted by Crippen LogP contribution is -2.52. The number of carbonyl (C=O) groups excluding carboxylic acids is 2. The summed E-state index contributed by atoms with van der Waals surface area (Å²) in [5.41, 5.74) is 0.378. The first-order chi connectivity index (χ1) is 13.9. The predicted octanol–water partition coefficient (Wildman–Crippen LogP) is 0.921. The van der Waals surface area contributed by atoms with Crippen LogP contribution in [-0.4, -0.2) is 102 Å². The molecule has 158 valence electrons. The van der Waals surface area contributed by atoms with Crippen molar-refractivity contribution in [3.05, 3.63) is 29.8 Å². The van der Waals surface area contributed by atoms with Crippen molar-refractivity contribution in [2.45, 2.75) is 25.3 Å². The van der Waals surface area contributed by atoms with Crippen LogP contribution in [0, 0.1) is 11.2 Å². The van der Waals surface area contributed by atoms with Gasteiger partial charge in [-0.15, -0.1) is 0 Å². The van der Waals surface area contributed by atoms with Gasteiger partial charge < -0.3 is 14.7 Å². The second kappa shape index (κ2) is 7.99. The number of piperazine rings is 1. The largest absolute Gasteiger partial charge is 0.339 e. The summed E-state index contributed by atoms with van der Waals surface area (Å²) in [6, 6.07) is 2.65. The maximum atomic E-state index is 13.1. The number of nitrogens with zero attached hydrogens (tertiary/aromatic N) is 5. The van der Waals surface area contributed by atoms with E-state index >= 15 is 0 Å². The minimum atomic E-state index is -0.441. The van der Waals surface area contributed by atoms with Crippen LogP contribution in [-0.2, 0) is 4.79 Å². The summed E-state index contributed by atoms with van der Waals surface area (Å²) in [7, 11) is 4.14. The van der Waals surface area contributed by atoms with E-state index in [1.54, 1.807) is 4.90 Å². The molecule has 1 aromatic rings. The van der Waals surface area contributed by atoms with Crippen molar-refractivity contribution in [1.29, 1.82) is 0 Å². The highest BCUT2D eigenvalue weighted by molar-refractivity contribution is 5.92. The monoisotopic (exact) mass is 403 g/mol. The average molecular weight is 404 g/mol. The predicted molar refractivity (Wildman–Crippen MR) is 107 cm³/mol. The van der Waals surface area contributed by atoms with Crippen molar-refractivity contribution in [1.82, 2.24) is 24.6 Å². The Labute approximate surface area is 171 Å². The zero-order valence-electron chi connectivity index (χ0n) is 17.3. The summed E-state index contributed by atoms with van der Waals surface area (Å²) >= 11 is 0. The minimum absolute atomic E-state index is 0.0561. The first-order valence-corrected chi connectivity index (χ1v) is 10.5. The summed E-state index contributed by atoms with van der Waals surface area (Å²) in [6.07, 6.45) is 3.72. The molecule has 1 unspecified atom stereocenters. The van der Waals surface area contributed by atoms with Crippen LogP contribution in [0.2, 0.25) is 0 Å². The zero-order valence-corrected chi connectivity index (χ0v) is 17.3. The van der Waals surface area contributed by atoms with Crippen LogP contribution in [0.4, 0.5) is 4.39 Å². The van der Waals surface area contributed by atoms with E-state index in [-0.39, 0.29) is 29.0 Å². The molecule has 3 fully saturated rings. The summed E-state index contributed by atoms with van der Waals surface area (Å²) < 4.78 is 13.1. The summed E-state index contributed by atoms with van der Waals surface area (Å²) in [5.74, 6) is -0.327. The highest BCUT2D eigenvalue weighted by Crippen LogP contribution is 2.43. The second-order valence-corrected chi connectivity index (χ2v) is 8.92. The number of hydrogen-bond donors (Lipinski definition) is 0. The van der Waals surface area contributed by atoms with Gasteiger partial charge in [-0.1, -0.05) is 0 Å². The van der Waals surface area contributed by atoms with Crippen molar-refractivity contribution in [2.75, 3.05) is 59.9 Å². The summed E-state index contributed by atoms with van der Waals surface area (Å²) in [4.78, 5) is 37.9. The Kier molecular flexibility index (Phi) is 5.57. The third kappa shape index (κ3) is 4.14. The van der Waals surface area contributed by atoms with Crippen LogP contribution >= 0.6 is 0 Å². The molecule has 0 saturated carbocycles. The fraction of sp³-hybridized carbons (Fsp3) is 0.667. The van der Waals surface area contributed by atoms with Crippen LogP contribution in [0.5, 0.6) is 0 Å². The lowest BCUT2D eigenvalue weighted by molar-refractivity contribution is -0.137. The molecule has 1 spiro atoms. The molecule has 0 radical (unpaired) electrons. The topological polar surface area (TPSA) is 60.0 Å². The molecule has 29 heavy (non-hydrogen) atoms. The molecule has 0 aliphatic carbocycles. The third-order valence-electron chi connectivity index (χ3n) is 6.90. The lowest BCUT2D eigenvalue weighted by Gasteiger charge is -2.39. The fourth-order valence-corrected chi connectivity index (χ4v) is 4.99. The van der Waals surface area contributed by atoms with Gasteiger partial charge in [0.25, 0.3) is 5.91 Å². The van der Waals surface area contributed by atoms with E-state index in [1.807, 2.05) is 11.9 Å². The maximum absolute atomic E-state index is 13.1. The molecule has 0 aromatic carbocycles. The number of pyridine rings is 1. The second-order valence-electron chi connectivity index (χ2n) is 8.92. The van der Waals surface area contributed by atoms with Gasteiger partial charge in [-0.25, -0.2) is 9.37 Å². The highest BCUT2D eigenvalue weighted by atomic mass is 19.1. The summed E-state index contributed by atoms with van der Waals surface area (Å²) in [6.45, 7) is 5.68. The van der Waals surface area contributed by atoms with E-state index in [2.05, 4.69) is 21.8 Å². The third-order valence-corrected chi connectivity index (χ3v) is 6.90. The Morgan fingerprint density at radius 3 is 2.34 bits per heavy atom. The molecule has 4 heterocycles. The quantitative estimate of drug-likeness (QED) is 0.735. The van der Waals surface area contributed by atoms with Crippen molar-refractivity contribution in [2.24, 2.45) is 5.41 Å². The Morgan fingerprint density at radius 1 is 1.03 bits per heavy atom. The van der Waals surface area contributed by atoms with Gasteiger partial charge in [-0.3, -0.25) is 14.5 Å². The minimum Gasteiger partial charge on any atom is -0.339 e. The van der Waals surface area contributed by atoms with E-state index in [0.29, 0.717) is 13.1 Å². The van der Waals surface area contributed by atoms with Gasteiger partial charge >= 0.3 is 0 Å². The standard InChI is InChI=1S/C21H30FN5O2/c1-24-9-11-27(12-10-24)20(29)18-13-21(15-25(18)2)5-7-26(8-6-21)19(28)17-4-3-16(22)14-23-17/h3-4,14,18H,5-13,15H2,1-2H3. The highest BCUT2D eigenvalue weighted by Gasteiger charge is 2.48. The normalized spacial score (nSPS) is 25.6. The van der Waals surface area contributed by atoms with Crippen LogP contribution < -0.4 is 0 Å². The van der Waals surface area contributed by atoms with Gasteiger partial charge in [0, 0.05) is 45.8 Å². The first-order valence-electron chi connectivity index (χ1n) is 10.5. The first kappa shape index (κ1) is 20.2. The van der Waals surface area contributed by atoms with Crippen molar-refractivity contribution < 1.29 is 14.0 Å². The van der Waals surface area contributed by atoms with Gasteiger partial charge in [-0.2, -0.15) is 0 Å². The molecule has 3 aliphatic heterocycles. The Hall–Kier alpha value is -2.06. The number of hydrogen-bond acceptors (Lipinski definition) is 5. The Bertz CT molecular complexity index is 755. The molecule has 0 bridgehead atoms. The molecule has 2 amide bonds. The lowest BCUT2D eigenvalue weighted by atomic mass is 9.76. The maximum Gasteiger partial charge on any atom is 0.272 e. The van der Waals surface area contributed by atoms with Crippen LogP contribution in [0.25, 0.3) is 0 Å². The fourth-order valence-electron chi connectivity index (χ4n) is 4.99. The number of carbonyl (C=O) groups is 2. The van der Waals surface area contributed by atoms with Gasteiger partial charge in [0.1, 0.15) is 11.5 Å². The number of likely N-dealkylation sites (tertiary alicyclic amines) is 2. The molecule has 7 nitrogen and oxygen atoms in total. The van der Waals surface area contributed by atoms with E-state index in [9.17, 15) is 14.0 Å². The van der Waals surface area contributed by atoms with Gasteiger partial charge in [-0.05, 0) is 50.9 Å². The van der Waals surface area contributed by atoms with E-state index in [1.165, 1.54) is 12.1 Å². The Balaban J connectivity index is 1.35. The molecule has 4 rings (SSSR count). The molecule has 3 aliphatic rings. The van der Waals surface area contributed by atoms with E-state index in [4.69, 9.17) is 0 Å². The number of piperidine rings is 1. The van der Waals surface area contributed by atoms with Crippen LogP contribution in [0.15, 0.2) is 18.3 Å². The van der Waals surface area contributed by atoms with Crippen molar-refractivity contribution in [3.63, 3.8) is 0 Å². The van der Waals surface area contributed by atoms with Crippen molar-refractivity contribution in [3.8, 4) is 0 Å². The van der Waals surface area contributed by atoms with Crippen LogP contribution in [0.3, 0.4) is 0 Å². The van der Waals surface area contributed by atoms with Gasteiger partial charge in [0.05, 0.1) is 12.2 Å². The zero-order chi connectivity index (χ0) is 20.6. The smallest absolute Gasteiger partial charge is 0.272 e. The van der Waals surface area contributed by atoms with E-state index in [0.717, 1.165) is 58.2 Å². The van der Waals surface area contributed by atoms with Crippen molar-refractivity contribution >= 4 is 11.8 Å². The van der Waals surface area contributed by atoms with Crippen LogP contribution in [0.1, 0.15) is 29.8 Å². The molecule has 1 aromatic heterocycles. The molecule has 0 N–H and O–H groups in total. The average Bonchev–Trinajstić information content (AvgIpc) is 3.04. The number of amides is 2. The molecular weight excluding hydrogens is 373 g/mol. The number of aromatic nitrogens is 1. The van der Waals surface area contributed by atoms with Gasteiger partial charge in [0.2, 0.25) is 5.91 Å². The molecule has 1 atom stereocenters. The SMILES string of the molecule is CN1CCN(C(=O)C2CC3(CCN(C(=O)c4ccc(F)cn4)CC3)CN2C)CC1. The number of halogens is 1. The van der Waals surface area contributed by atoms with Gasteiger partial charge in [0.15, 0.2) is 0 Å².